The number of benzene rings is 2. The second-order valence-electron chi connectivity index (χ2n) is 6.90. The van der Waals surface area contributed by atoms with Gasteiger partial charge in [-0.25, -0.2) is 0 Å². The molecule has 1 heterocycles. The molecule has 2 N–H and O–H groups in total. The number of carbonyl (C=O) groups excluding carboxylic acids is 2. The number of halogens is 3. The van der Waals surface area contributed by atoms with E-state index >= 15 is 0 Å². The topological polar surface area (TPSA) is 103 Å². The van der Waals surface area contributed by atoms with E-state index in [1.165, 1.54) is 13.2 Å². The normalized spacial score (nSPS) is 11.1. The standard InChI is InChI=1S/C22H20F3N3O5S/c1-13-8-19(28-33-13)27-21(30)12-34-11-20(29)26-17-9-14(22(23,24)25)6-7-18(17)32-16-5-3-4-15(10-16)31-2/h3-10H,11-12H2,1-2H3,(H,26,29)(H,27,28,30). The molecule has 1 aromatic heterocycles. The van der Waals surface area contributed by atoms with Crippen LogP contribution < -0.4 is 20.1 Å². The highest BCUT2D eigenvalue weighted by Crippen LogP contribution is 2.37. The van der Waals surface area contributed by atoms with Gasteiger partial charge in [-0.15, -0.1) is 11.8 Å². The molecule has 0 unspecified atom stereocenters. The molecule has 0 spiro atoms. The Morgan fingerprint density at radius 3 is 2.38 bits per heavy atom. The van der Waals surface area contributed by atoms with Crippen molar-refractivity contribution in [2.24, 2.45) is 0 Å². The van der Waals surface area contributed by atoms with Gasteiger partial charge in [-0.05, 0) is 37.3 Å². The number of thioether (sulfide) groups is 1. The minimum atomic E-state index is -4.61. The van der Waals surface area contributed by atoms with Gasteiger partial charge in [0, 0.05) is 12.1 Å². The molecular weight excluding hydrogens is 475 g/mol. The van der Waals surface area contributed by atoms with Gasteiger partial charge in [-0.3, -0.25) is 9.59 Å². The predicted octanol–water partition coefficient (Wildman–Crippen LogP) is 5.11. The molecule has 3 aromatic rings. The summed E-state index contributed by atoms with van der Waals surface area (Å²) in [6.07, 6.45) is -4.61. The quantitative estimate of drug-likeness (QED) is 0.425. The monoisotopic (exact) mass is 495 g/mol. The second kappa shape index (κ2) is 11.0. The summed E-state index contributed by atoms with van der Waals surface area (Å²) >= 11 is 0.977. The second-order valence-corrected chi connectivity index (χ2v) is 7.89. The van der Waals surface area contributed by atoms with Crippen LogP contribution in [0.1, 0.15) is 11.3 Å². The Hall–Kier alpha value is -3.67. The fraction of sp³-hybridized carbons (Fsp3) is 0.227. The van der Waals surface area contributed by atoms with Crippen molar-refractivity contribution >= 4 is 35.1 Å². The van der Waals surface area contributed by atoms with Crippen LogP contribution in [-0.2, 0) is 15.8 Å². The summed E-state index contributed by atoms with van der Waals surface area (Å²) in [6.45, 7) is 1.67. The zero-order chi connectivity index (χ0) is 24.7. The Kier molecular flexibility index (Phi) is 8.05. The molecule has 2 aromatic carbocycles. The van der Waals surface area contributed by atoms with Crippen LogP contribution in [0.4, 0.5) is 24.7 Å². The first kappa shape index (κ1) is 25.0. The minimum Gasteiger partial charge on any atom is -0.497 e. The highest BCUT2D eigenvalue weighted by Gasteiger charge is 2.31. The van der Waals surface area contributed by atoms with Crippen LogP contribution in [0.3, 0.4) is 0 Å². The fourth-order valence-corrected chi connectivity index (χ4v) is 3.33. The number of nitrogens with zero attached hydrogens (tertiary/aromatic N) is 1. The molecule has 0 aliphatic carbocycles. The molecule has 0 bridgehead atoms. The number of hydrogen-bond acceptors (Lipinski definition) is 7. The van der Waals surface area contributed by atoms with Crippen LogP contribution in [0.2, 0.25) is 0 Å². The number of alkyl halides is 3. The molecule has 0 saturated heterocycles. The molecule has 0 fully saturated rings. The number of carbonyl (C=O) groups is 2. The molecule has 0 atom stereocenters. The Morgan fingerprint density at radius 2 is 1.74 bits per heavy atom. The summed E-state index contributed by atoms with van der Waals surface area (Å²) < 4.78 is 55.2. The lowest BCUT2D eigenvalue weighted by Gasteiger charge is -2.15. The third-order valence-corrected chi connectivity index (χ3v) is 5.14. The average molecular weight is 495 g/mol. The number of nitrogens with one attached hydrogen (secondary N) is 2. The van der Waals surface area contributed by atoms with Gasteiger partial charge in [-0.1, -0.05) is 11.2 Å². The van der Waals surface area contributed by atoms with Gasteiger partial charge in [0.25, 0.3) is 0 Å². The van der Waals surface area contributed by atoms with E-state index in [2.05, 4.69) is 15.8 Å². The van der Waals surface area contributed by atoms with Crippen LogP contribution in [0.15, 0.2) is 53.1 Å². The zero-order valence-electron chi connectivity index (χ0n) is 18.1. The number of ether oxygens (including phenoxy) is 2. The van der Waals surface area contributed by atoms with E-state index in [0.29, 0.717) is 17.3 Å². The lowest BCUT2D eigenvalue weighted by atomic mass is 10.1. The third kappa shape index (κ3) is 7.17. The van der Waals surface area contributed by atoms with Gasteiger partial charge in [0.1, 0.15) is 17.3 Å². The van der Waals surface area contributed by atoms with E-state index in [1.807, 2.05) is 0 Å². The number of hydrogen-bond donors (Lipinski definition) is 2. The van der Waals surface area contributed by atoms with E-state index in [0.717, 1.165) is 30.0 Å². The maximum Gasteiger partial charge on any atom is 0.416 e. The predicted molar refractivity (Wildman–Crippen MR) is 120 cm³/mol. The van der Waals surface area contributed by atoms with Crippen LogP contribution in [0.25, 0.3) is 0 Å². The van der Waals surface area contributed by atoms with Gasteiger partial charge in [0.2, 0.25) is 11.8 Å². The molecule has 0 radical (unpaired) electrons. The maximum atomic E-state index is 13.2. The van der Waals surface area contributed by atoms with Crippen molar-refractivity contribution in [2.75, 3.05) is 29.2 Å². The molecule has 12 heteroatoms. The minimum absolute atomic E-state index is 0.0127. The zero-order valence-corrected chi connectivity index (χ0v) is 18.9. The average Bonchev–Trinajstić information content (AvgIpc) is 3.18. The molecule has 3 rings (SSSR count). The summed E-state index contributed by atoms with van der Waals surface area (Å²) in [5.41, 5.74) is -1.11. The number of amides is 2. The number of methoxy groups -OCH3 is 1. The van der Waals surface area contributed by atoms with Gasteiger partial charge in [0.15, 0.2) is 11.6 Å². The molecule has 2 amide bonds. The van der Waals surface area contributed by atoms with E-state index in [1.54, 1.807) is 31.2 Å². The smallest absolute Gasteiger partial charge is 0.416 e. The highest BCUT2D eigenvalue weighted by molar-refractivity contribution is 8.00. The van der Waals surface area contributed by atoms with Crippen molar-refractivity contribution in [1.29, 1.82) is 0 Å². The van der Waals surface area contributed by atoms with Gasteiger partial charge < -0.3 is 24.6 Å². The molecule has 0 saturated carbocycles. The molecule has 8 nitrogen and oxygen atoms in total. The van der Waals surface area contributed by atoms with Gasteiger partial charge in [-0.2, -0.15) is 13.2 Å². The number of anilines is 2. The van der Waals surface area contributed by atoms with Crippen molar-refractivity contribution in [2.45, 2.75) is 13.1 Å². The molecule has 0 aliphatic heterocycles. The summed E-state index contributed by atoms with van der Waals surface area (Å²) in [7, 11) is 1.47. The first-order valence-electron chi connectivity index (χ1n) is 9.78. The number of aryl methyl sites for hydroxylation is 1. The summed E-state index contributed by atoms with van der Waals surface area (Å²) in [5.74, 6) is 0.311. The third-order valence-electron chi connectivity index (χ3n) is 4.21. The molecule has 180 valence electrons. The first-order chi connectivity index (χ1) is 16.1. The number of rotatable bonds is 9. The van der Waals surface area contributed by atoms with Crippen LogP contribution >= 0.6 is 11.8 Å². The van der Waals surface area contributed by atoms with E-state index < -0.39 is 23.6 Å². The first-order valence-corrected chi connectivity index (χ1v) is 10.9. The van der Waals surface area contributed by atoms with Gasteiger partial charge >= 0.3 is 6.18 Å². The Balaban J connectivity index is 1.65. The van der Waals surface area contributed by atoms with E-state index in [9.17, 15) is 22.8 Å². The van der Waals surface area contributed by atoms with Crippen molar-refractivity contribution in [3.63, 3.8) is 0 Å². The van der Waals surface area contributed by atoms with E-state index in [-0.39, 0.29) is 28.8 Å². The molecular formula is C22H20F3N3O5S. The fourth-order valence-electron chi connectivity index (χ4n) is 2.71. The molecule has 0 aliphatic rings. The van der Waals surface area contributed by atoms with Crippen molar-refractivity contribution < 1.29 is 36.8 Å². The molecule has 34 heavy (non-hydrogen) atoms. The Labute approximate surface area is 196 Å². The van der Waals surface area contributed by atoms with E-state index in [4.69, 9.17) is 14.0 Å². The van der Waals surface area contributed by atoms with Crippen molar-refractivity contribution in [1.82, 2.24) is 5.16 Å². The Morgan fingerprint density at radius 1 is 1.03 bits per heavy atom. The highest BCUT2D eigenvalue weighted by atomic mass is 32.2. The number of aromatic nitrogens is 1. The van der Waals surface area contributed by atoms with Crippen molar-refractivity contribution in [3.8, 4) is 17.2 Å². The summed E-state index contributed by atoms with van der Waals surface area (Å²) in [5, 5.41) is 8.56. The SMILES string of the molecule is COc1cccc(Oc2ccc(C(F)(F)F)cc2NC(=O)CSCC(=O)Nc2cc(C)on2)c1. The van der Waals surface area contributed by atoms with Crippen LogP contribution in [-0.4, -0.2) is 35.6 Å². The summed E-state index contributed by atoms with van der Waals surface area (Å²) in [6, 6.07) is 10.8. The van der Waals surface area contributed by atoms with Crippen LogP contribution in [0.5, 0.6) is 17.2 Å². The lowest BCUT2D eigenvalue weighted by molar-refractivity contribution is -0.137. The van der Waals surface area contributed by atoms with Crippen LogP contribution in [0, 0.1) is 6.92 Å². The van der Waals surface area contributed by atoms with Gasteiger partial charge in [0.05, 0.1) is 29.9 Å². The Bertz CT molecular complexity index is 1170. The largest absolute Gasteiger partial charge is 0.497 e. The summed E-state index contributed by atoms with van der Waals surface area (Å²) in [4.78, 5) is 24.3. The lowest BCUT2D eigenvalue weighted by Crippen LogP contribution is -2.19. The maximum absolute atomic E-state index is 13.2. The van der Waals surface area contributed by atoms with Crippen molar-refractivity contribution in [3.05, 3.63) is 59.9 Å².